The fourth-order valence-corrected chi connectivity index (χ4v) is 5.47. The number of hydrogen-bond acceptors (Lipinski definition) is 5. The van der Waals surface area contributed by atoms with E-state index in [1.165, 1.54) is 34.8 Å². The Bertz CT molecular complexity index is 963. The second kappa shape index (κ2) is 8.20. The zero-order valence-corrected chi connectivity index (χ0v) is 16.9. The Morgan fingerprint density at radius 2 is 1.62 bits per heavy atom. The summed E-state index contributed by atoms with van der Waals surface area (Å²) in [4.78, 5) is 19.3. The number of aromatic nitrogens is 1. The van der Waals surface area contributed by atoms with Gasteiger partial charge in [-0.2, -0.15) is 4.31 Å². The van der Waals surface area contributed by atoms with Crippen molar-refractivity contribution in [2.24, 2.45) is 5.92 Å². The van der Waals surface area contributed by atoms with E-state index in [9.17, 15) is 17.6 Å². The van der Waals surface area contributed by atoms with Crippen LogP contribution in [0, 0.1) is 11.7 Å². The molecule has 0 bridgehead atoms. The molecule has 1 aromatic carbocycles. The predicted molar refractivity (Wildman–Crippen MR) is 108 cm³/mol. The molecule has 1 aromatic heterocycles. The summed E-state index contributed by atoms with van der Waals surface area (Å²) in [6.45, 7) is 2.48. The molecule has 29 heavy (non-hydrogen) atoms. The summed E-state index contributed by atoms with van der Waals surface area (Å²) in [7, 11) is -3.46. The number of pyridine rings is 1. The zero-order valence-electron chi connectivity index (χ0n) is 16.1. The Labute approximate surface area is 170 Å². The number of benzene rings is 1. The van der Waals surface area contributed by atoms with Gasteiger partial charge in [0.15, 0.2) is 5.78 Å². The van der Waals surface area contributed by atoms with Crippen LogP contribution in [0.1, 0.15) is 36.0 Å². The van der Waals surface area contributed by atoms with Crippen LogP contribution in [0.3, 0.4) is 0 Å². The van der Waals surface area contributed by atoms with Crippen molar-refractivity contribution in [3.8, 4) is 0 Å². The zero-order chi connectivity index (χ0) is 20.4. The highest BCUT2D eigenvalue weighted by Gasteiger charge is 2.29. The highest BCUT2D eigenvalue weighted by molar-refractivity contribution is 7.89. The smallest absolute Gasteiger partial charge is 0.244 e. The summed E-state index contributed by atoms with van der Waals surface area (Å²) in [6, 6.07) is 9.04. The molecule has 0 unspecified atom stereocenters. The van der Waals surface area contributed by atoms with E-state index < -0.39 is 10.0 Å². The third-order valence-corrected chi connectivity index (χ3v) is 7.62. The number of carbonyl (C=O) groups excluding carboxylic acids is 1. The number of rotatable bonds is 5. The Balaban J connectivity index is 1.38. The molecule has 2 fully saturated rings. The number of sulfonamides is 1. The topological polar surface area (TPSA) is 70.6 Å². The lowest BCUT2D eigenvalue weighted by atomic mass is 9.89. The Morgan fingerprint density at radius 3 is 2.21 bits per heavy atom. The summed E-state index contributed by atoms with van der Waals surface area (Å²) in [5.41, 5.74) is 0.541. The third-order valence-electron chi connectivity index (χ3n) is 5.74. The van der Waals surface area contributed by atoms with E-state index in [1.54, 1.807) is 12.1 Å². The maximum Gasteiger partial charge on any atom is 0.244 e. The summed E-state index contributed by atoms with van der Waals surface area (Å²) in [5.74, 6) is 0.326. The lowest BCUT2D eigenvalue weighted by Gasteiger charge is -2.32. The van der Waals surface area contributed by atoms with Crippen LogP contribution in [0.5, 0.6) is 0 Å². The molecule has 0 saturated carbocycles. The van der Waals surface area contributed by atoms with Gasteiger partial charge in [-0.25, -0.2) is 17.8 Å². The van der Waals surface area contributed by atoms with E-state index in [0.717, 1.165) is 18.7 Å². The second-order valence-electron chi connectivity index (χ2n) is 7.60. The van der Waals surface area contributed by atoms with Crippen LogP contribution in [-0.4, -0.2) is 49.7 Å². The first-order valence-corrected chi connectivity index (χ1v) is 11.4. The van der Waals surface area contributed by atoms with E-state index in [1.807, 2.05) is 0 Å². The van der Waals surface area contributed by atoms with Gasteiger partial charge >= 0.3 is 0 Å². The predicted octanol–water partition coefficient (Wildman–Crippen LogP) is 3.10. The first kappa shape index (κ1) is 20.0. The second-order valence-corrected chi connectivity index (χ2v) is 9.53. The van der Waals surface area contributed by atoms with E-state index >= 15 is 0 Å². The van der Waals surface area contributed by atoms with Gasteiger partial charge in [0.05, 0.1) is 0 Å². The minimum absolute atomic E-state index is 0.0460. The molecular weight excluding hydrogens is 393 g/mol. The van der Waals surface area contributed by atoms with Crippen molar-refractivity contribution in [2.45, 2.75) is 30.6 Å². The maximum atomic E-state index is 13.1. The number of hydrogen-bond donors (Lipinski definition) is 0. The fourth-order valence-electron chi connectivity index (χ4n) is 4.01. The fraction of sp³-hybridized carbons (Fsp3) is 0.429. The molecular formula is C21H24FN3O3S. The molecule has 0 aliphatic carbocycles. The molecule has 0 amide bonds. The summed E-state index contributed by atoms with van der Waals surface area (Å²) in [6.07, 6.45) is 4.60. The summed E-state index contributed by atoms with van der Waals surface area (Å²) >= 11 is 0. The molecule has 6 nitrogen and oxygen atoms in total. The van der Waals surface area contributed by atoms with E-state index in [4.69, 9.17) is 0 Å². The lowest BCUT2D eigenvalue weighted by Crippen LogP contribution is -2.37. The van der Waals surface area contributed by atoms with Crippen LogP contribution >= 0.6 is 0 Å². The quantitative estimate of drug-likeness (QED) is 0.699. The minimum Gasteiger partial charge on any atom is -0.357 e. The molecule has 0 N–H and O–H groups in total. The average molecular weight is 418 g/mol. The first-order chi connectivity index (χ1) is 13.9. The van der Waals surface area contributed by atoms with Crippen molar-refractivity contribution < 1.29 is 17.6 Å². The molecule has 8 heteroatoms. The number of carbonyl (C=O) groups is 1. The van der Waals surface area contributed by atoms with Gasteiger partial charge in [0.2, 0.25) is 10.0 Å². The van der Waals surface area contributed by atoms with E-state index in [0.29, 0.717) is 44.6 Å². The van der Waals surface area contributed by atoms with E-state index in [-0.39, 0.29) is 22.4 Å². The molecule has 3 heterocycles. The van der Waals surface area contributed by atoms with Crippen molar-refractivity contribution in [1.29, 1.82) is 0 Å². The largest absolute Gasteiger partial charge is 0.357 e. The SMILES string of the molecule is O=C(c1ccc(F)cc1)C1CCN(c2ccc(S(=O)(=O)N3CCCC3)cn2)CC1. The lowest BCUT2D eigenvalue weighted by molar-refractivity contribution is 0.0900. The standard InChI is InChI=1S/C21H24FN3O3S/c22-18-5-3-16(4-6-18)21(26)17-9-13-24(14-10-17)20-8-7-19(15-23-20)29(27,28)25-11-1-2-12-25/h3-8,15,17H,1-2,9-14H2. The maximum absolute atomic E-state index is 13.1. The average Bonchev–Trinajstić information content (AvgIpc) is 3.30. The van der Waals surface area contributed by atoms with Crippen molar-refractivity contribution in [3.05, 3.63) is 54.0 Å². The van der Waals surface area contributed by atoms with Crippen LogP contribution in [0.25, 0.3) is 0 Å². The van der Waals surface area contributed by atoms with Gasteiger partial charge in [0.25, 0.3) is 0 Å². The number of nitrogens with zero attached hydrogens (tertiary/aromatic N) is 3. The van der Waals surface area contributed by atoms with Crippen LogP contribution in [0.4, 0.5) is 10.2 Å². The van der Waals surface area contributed by atoms with Crippen LogP contribution < -0.4 is 4.90 Å². The van der Waals surface area contributed by atoms with Gasteiger partial charge in [-0.15, -0.1) is 0 Å². The van der Waals surface area contributed by atoms with Crippen LogP contribution in [0.2, 0.25) is 0 Å². The highest BCUT2D eigenvalue weighted by atomic mass is 32.2. The Hall–Kier alpha value is -2.32. The number of halogens is 1. The molecule has 0 atom stereocenters. The molecule has 2 aromatic rings. The number of anilines is 1. The van der Waals surface area contributed by atoms with Gasteiger partial charge in [-0.05, 0) is 62.1 Å². The summed E-state index contributed by atoms with van der Waals surface area (Å²) in [5, 5.41) is 0. The molecule has 154 valence electrons. The van der Waals surface area contributed by atoms with Crippen molar-refractivity contribution >= 4 is 21.6 Å². The molecule has 2 saturated heterocycles. The number of ketones is 1. The van der Waals surface area contributed by atoms with Gasteiger partial charge in [0, 0.05) is 43.9 Å². The van der Waals surface area contributed by atoms with E-state index in [2.05, 4.69) is 9.88 Å². The molecule has 4 rings (SSSR count). The normalized spacial score (nSPS) is 18.9. The Kier molecular flexibility index (Phi) is 5.65. The van der Waals surface area contributed by atoms with Crippen molar-refractivity contribution in [3.63, 3.8) is 0 Å². The molecule has 2 aliphatic rings. The monoisotopic (exact) mass is 417 g/mol. The highest BCUT2D eigenvalue weighted by Crippen LogP contribution is 2.26. The first-order valence-electron chi connectivity index (χ1n) is 9.96. The number of piperidine rings is 1. The van der Waals surface area contributed by atoms with Crippen LogP contribution in [-0.2, 0) is 10.0 Å². The van der Waals surface area contributed by atoms with Gasteiger partial charge in [-0.3, -0.25) is 4.79 Å². The third kappa shape index (κ3) is 4.18. The van der Waals surface area contributed by atoms with Gasteiger partial charge in [-0.1, -0.05) is 0 Å². The van der Waals surface area contributed by atoms with Crippen molar-refractivity contribution in [2.75, 3.05) is 31.1 Å². The Morgan fingerprint density at radius 1 is 0.966 bits per heavy atom. The molecule has 0 spiro atoms. The molecule has 0 radical (unpaired) electrons. The molecule has 2 aliphatic heterocycles. The van der Waals surface area contributed by atoms with Crippen LogP contribution in [0.15, 0.2) is 47.5 Å². The van der Waals surface area contributed by atoms with Gasteiger partial charge < -0.3 is 4.90 Å². The van der Waals surface area contributed by atoms with Gasteiger partial charge in [0.1, 0.15) is 16.5 Å². The number of Topliss-reactive ketones (excluding diaryl/α,β-unsaturated/α-hetero) is 1. The van der Waals surface area contributed by atoms with Crippen molar-refractivity contribution in [1.82, 2.24) is 9.29 Å². The minimum atomic E-state index is -3.46. The summed E-state index contributed by atoms with van der Waals surface area (Å²) < 4.78 is 39.8.